The van der Waals surface area contributed by atoms with Gasteiger partial charge in [0.2, 0.25) is 0 Å². The van der Waals surface area contributed by atoms with E-state index in [0.29, 0.717) is 0 Å². The van der Waals surface area contributed by atoms with Crippen LogP contribution in [0.15, 0.2) is 0 Å². The molecule has 2 heteroatoms. The van der Waals surface area contributed by atoms with Crippen LogP contribution in [-0.2, 0) is 0 Å². The van der Waals surface area contributed by atoms with Gasteiger partial charge in [0.1, 0.15) is 0 Å². The van der Waals surface area contributed by atoms with Gasteiger partial charge in [0.05, 0.1) is 0 Å². The smallest absolute Gasteiger partial charge is 0 e. The first-order valence-electron chi connectivity index (χ1n) is 1.24. The van der Waals surface area contributed by atoms with Crippen molar-refractivity contribution in [2.45, 2.75) is 13.0 Å². The fraction of sp³-hybridized carbons (Fsp3) is 0.667. The summed E-state index contributed by atoms with van der Waals surface area (Å²) in [4.78, 5) is 0. The minimum absolute atomic E-state index is 0. The summed E-state index contributed by atoms with van der Waals surface area (Å²) in [5.41, 5.74) is 0. The first-order valence-corrected chi connectivity index (χ1v) is 1.24. The Labute approximate surface area is 26.3 Å². The Balaban J connectivity index is 0. The molecule has 0 spiro atoms. The average Bonchev–Trinajstić information content (AvgIpc) is 0.811. The first kappa shape index (κ1) is 9.03. The number of hydrogen-bond donors (Lipinski definition) is 1. The molecule has 1 N–H and O–H groups in total. The third-order valence-electron chi connectivity index (χ3n) is 0. The van der Waals surface area contributed by atoms with Gasteiger partial charge in [0, 0.05) is 0 Å². The maximum Gasteiger partial charge on any atom is 0 e. The fourth-order valence-corrected chi connectivity index (χ4v) is 0. The predicted molar refractivity (Wildman–Crippen MR) is 17.0 cm³/mol. The second-order valence-electron chi connectivity index (χ2n) is 0.849. The summed E-state index contributed by atoms with van der Waals surface area (Å²) in [7, 11) is 0. The molecule has 0 amide bonds. The SMILES string of the molecule is [CH2-]C(C)O.[Rf]. The quantitative estimate of drug-likeness (QED) is 0.631. The molecule has 0 radical (unpaired) electrons. The van der Waals surface area contributed by atoms with Crippen molar-refractivity contribution in [1.82, 2.24) is 0 Å². The molecule has 0 aliphatic heterocycles. The third kappa shape index (κ3) is 2.52. The van der Waals surface area contributed by atoms with Crippen molar-refractivity contribution < 1.29 is 5.11 Å². The maximum atomic E-state index is 7.94. The molecule has 0 fully saturated rings. The van der Waals surface area contributed by atoms with Gasteiger partial charge in [-0.3, -0.25) is 0 Å². The van der Waals surface area contributed by atoms with Crippen LogP contribution in [0.5, 0.6) is 0 Å². The molecule has 28 valence electrons. The van der Waals surface area contributed by atoms with Gasteiger partial charge in [0.25, 0.3) is 0 Å². The van der Waals surface area contributed by atoms with Crippen molar-refractivity contribution in [2.75, 3.05) is 0 Å². The summed E-state index contributed by atoms with van der Waals surface area (Å²) in [6.07, 6.45) is -0.417. The monoisotopic (exact) mass is 326 g/mol. The molecule has 1 unspecified atom stereocenters. The minimum Gasteiger partial charge on any atom is -0.426 e. The Morgan fingerprint density at radius 3 is 1.80 bits per heavy atom. The molecule has 0 aromatic rings. The van der Waals surface area contributed by atoms with E-state index in [0.717, 1.165) is 0 Å². The summed E-state index contributed by atoms with van der Waals surface area (Å²) in [6.45, 7) is 4.81. The summed E-state index contributed by atoms with van der Waals surface area (Å²) < 4.78 is 0. The average molecular weight is 326 g/mol. The Hall–Kier alpha value is -1.04. The van der Waals surface area contributed by atoms with Crippen LogP contribution in [0.2, 0.25) is 0 Å². The molecular weight excluding hydrogens is 319 g/mol. The molecule has 0 aromatic heterocycles. The van der Waals surface area contributed by atoms with Crippen molar-refractivity contribution >= 4 is 0 Å². The summed E-state index contributed by atoms with van der Waals surface area (Å²) in [5.74, 6) is 0. The normalized spacial score (nSPS) is 12.6. The molecule has 5 heavy (non-hydrogen) atoms. The van der Waals surface area contributed by atoms with E-state index in [4.69, 9.17) is 5.11 Å². The van der Waals surface area contributed by atoms with E-state index >= 15 is 0 Å². The van der Waals surface area contributed by atoms with Gasteiger partial charge in [-0.05, 0) is 0 Å². The molecule has 0 saturated carbocycles. The van der Waals surface area contributed by atoms with Crippen molar-refractivity contribution in [3.8, 4) is 0 Å². The molecule has 0 saturated heterocycles. The maximum absolute atomic E-state index is 7.94. The second-order valence-corrected chi connectivity index (χ2v) is 0.849. The van der Waals surface area contributed by atoms with Gasteiger partial charge in [-0.25, -0.2) is 0 Å². The molecule has 1 atom stereocenters. The van der Waals surface area contributed by atoms with Gasteiger partial charge in [0.15, 0.2) is 0 Å². The van der Waals surface area contributed by atoms with Gasteiger partial charge < -0.3 is 12.0 Å². The molecule has 0 bridgehead atoms. The van der Waals surface area contributed by atoms with E-state index in [2.05, 4.69) is 6.92 Å². The Morgan fingerprint density at radius 1 is 1.80 bits per heavy atom. The summed E-state index contributed by atoms with van der Waals surface area (Å²) in [5, 5.41) is 7.94. The molecular formula is C3H7ORf-. The zero-order valence-electron chi connectivity index (χ0n) is 3.44. The second kappa shape index (κ2) is 2.96. The van der Waals surface area contributed by atoms with Crippen LogP contribution in [0.25, 0.3) is 0 Å². The Bertz CT molecular complexity index is 11.6. The van der Waals surface area contributed by atoms with Gasteiger partial charge in [-0.2, -0.15) is 0 Å². The van der Waals surface area contributed by atoms with E-state index in [-0.39, 0.29) is 0 Å². The third-order valence-corrected chi connectivity index (χ3v) is 0. The van der Waals surface area contributed by atoms with Crippen molar-refractivity contribution in [3.63, 3.8) is 0 Å². The van der Waals surface area contributed by atoms with E-state index in [1.54, 1.807) is 6.92 Å². The number of rotatable bonds is 0. The first-order chi connectivity index (χ1) is 1.73. The van der Waals surface area contributed by atoms with Crippen LogP contribution in [0.1, 0.15) is 6.92 Å². The number of aliphatic hydroxyl groups is 1. The van der Waals surface area contributed by atoms with Crippen LogP contribution in [0, 0.1) is 6.92 Å². The van der Waals surface area contributed by atoms with Crippen molar-refractivity contribution in [2.24, 2.45) is 0 Å². The summed E-state index contributed by atoms with van der Waals surface area (Å²) >= 11 is 0. The van der Waals surface area contributed by atoms with Crippen LogP contribution >= 0.6 is 0 Å². The predicted octanol–water partition coefficient (Wildman–Crippen LogP) is 0.201. The van der Waals surface area contributed by atoms with Gasteiger partial charge >= 0.3 is 0 Å². The fourth-order valence-electron chi connectivity index (χ4n) is 0. The van der Waals surface area contributed by atoms with Crippen LogP contribution in [0.4, 0.5) is 0 Å². The van der Waals surface area contributed by atoms with Crippen LogP contribution in [-0.4, -0.2) is 11.2 Å². The minimum atomic E-state index is -0.417. The van der Waals surface area contributed by atoms with Crippen LogP contribution < -0.4 is 0 Å². The summed E-state index contributed by atoms with van der Waals surface area (Å²) in [6, 6.07) is 0. The Morgan fingerprint density at radius 2 is 1.80 bits per heavy atom. The molecule has 0 rings (SSSR count). The number of hydrogen-bond acceptors (Lipinski definition) is 1. The van der Waals surface area contributed by atoms with E-state index in [9.17, 15) is 0 Å². The van der Waals surface area contributed by atoms with E-state index in [1.807, 2.05) is 0 Å². The van der Waals surface area contributed by atoms with E-state index < -0.39 is 6.10 Å². The van der Waals surface area contributed by atoms with Crippen molar-refractivity contribution in [3.05, 3.63) is 6.92 Å². The molecule has 1 nitrogen and oxygen atoms in total. The Kier molecular flexibility index (Phi) is 5.35. The van der Waals surface area contributed by atoms with Crippen LogP contribution in [0.3, 0.4) is 0 Å². The zero-order valence-corrected chi connectivity index (χ0v) is 9.84. The molecule has 0 aromatic carbocycles. The standard InChI is InChI=1S/C3H7O.Rf/c1-3(2)4;/h3-4H,1H2,2H3;/q-1;. The van der Waals surface area contributed by atoms with Crippen molar-refractivity contribution in [1.29, 1.82) is 0 Å². The van der Waals surface area contributed by atoms with Gasteiger partial charge in [-0.1, -0.05) is 13.0 Å². The van der Waals surface area contributed by atoms with Gasteiger partial charge in [-0.15, -0.1) is 0 Å². The molecule has 0 aliphatic rings. The zero-order chi connectivity index (χ0) is 3.58. The number of aliphatic hydroxyl groups excluding tert-OH is 1. The van der Waals surface area contributed by atoms with E-state index in [1.165, 1.54) is 0 Å². The molecule has 0 heterocycles. The largest absolute Gasteiger partial charge is 0.426 e. The topological polar surface area (TPSA) is 20.2 Å². The molecule has 0 aliphatic carbocycles.